The third-order valence-corrected chi connectivity index (χ3v) is 3.01. The fraction of sp³-hybridized carbons (Fsp3) is 0.538. The van der Waals surface area contributed by atoms with Gasteiger partial charge in [0, 0.05) is 19.6 Å². The Morgan fingerprint density at radius 2 is 2.00 bits per heavy atom. The fourth-order valence-electron chi connectivity index (χ4n) is 1.87. The molecule has 106 valence electrons. The molecule has 1 aromatic carbocycles. The third kappa shape index (κ3) is 4.38. The number of halogens is 4. The Bertz CT molecular complexity index is 441. The molecule has 2 nitrogen and oxygen atoms in total. The lowest BCUT2D eigenvalue weighted by Gasteiger charge is -2.21. The maximum atomic E-state index is 13.8. The van der Waals surface area contributed by atoms with Crippen LogP contribution in [-0.4, -0.2) is 25.8 Å². The van der Waals surface area contributed by atoms with Crippen molar-refractivity contribution in [2.24, 2.45) is 0 Å². The second-order valence-corrected chi connectivity index (χ2v) is 4.91. The Morgan fingerprint density at radius 3 is 2.53 bits per heavy atom. The zero-order chi connectivity index (χ0) is 14.0. The minimum atomic E-state index is -4.34. The van der Waals surface area contributed by atoms with Crippen LogP contribution in [-0.2, 0) is 6.54 Å². The second-order valence-electron chi connectivity index (χ2n) is 4.91. The molecule has 1 aliphatic rings. The number of nitrogens with zero attached hydrogens (tertiary/aromatic N) is 1. The molecule has 0 bridgehead atoms. The monoisotopic (exact) mass is 276 g/mol. The lowest BCUT2D eigenvalue weighted by atomic mass is 10.2. The number of rotatable bonds is 5. The smallest absolute Gasteiger partial charge is 0.363 e. The maximum Gasteiger partial charge on any atom is 0.405 e. The quantitative estimate of drug-likeness (QED) is 0.831. The molecule has 0 radical (unpaired) electrons. The Kier molecular flexibility index (Phi) is 3.99. The molecule has 0 saturated heterocycles. The molecule has 6 heteroatoms. The van der Waals surface area contributed by atoms with E-state index in [0.29, 0.717) is 12.6 Å². The van der Waals surface area contributed by atoms with Crippen LogP contribution in [0.3, 0.4) is 0 Å². The molecule has 1 aliphatic carbocycles. The Labute approximate surface area is 109 Å². The summed E-state index contributed by atoms with van der Waals surface area (Å²) >= 11 is 0. The van der Waals surface area contributed by atoms with E-state index in [1.54, 1.807) is 6.07 Å². The summed E-state index contributed by atoms with van der Waals surface area (Å²) in [6, 6.07) is 4.85. The van der Waals surface area contributed by atoms with Crippen LogP contribution in [0.5, 0.6) is 0 Å². The van der Waals surface area contributed by atoms with Crippen LogP contribution >= 0.6 is 0 Å². The number of hydrogen-bond donors (Lipinski definition) is 1. The standard InChI is InChI=1S/C13H16F4N2/c1-19(8-13(15,16)17)12-5-2-9(6-11(12)14)7-18-10-3-4-10/h2,5-6,10,18H,3-4,7-8H2,1H3. The van der Waals surface area contributed by atoms with E-state index in [0.717, 1.165) is 23.3 Å². The van der Waals surface area contributed by atoms with E-state index in [1.165, 1.54) is 19.2 Å². The van der Waals surface area contributed by atoms with Gasteiger partial charge < -0.3 is 10.2 Å². The number of anilines is 1. The molecular formula is C13H16F4N2. The van der Waals surface area contributed by atoms with Gasteiger partial charge in [0.25, 0.3) is 0 Å². The largest absolute Gasteiger partial charge is 0.405 e. The van der Waals surface area contributed by atoms with Crippen molar-refractivity contribution in [1.82, 2.24) is 5.32 Å². The Morgan fingerprint density at radius 1 is 1.32 bits per heavy atom. The number of benzene rings is 1. The van der Waals surface area contributed by atoms with Crippen molar-refractivity contribution in [2.75, 3.05) is 18.5 Å². The van der Waals surface area contributed by atoms with Gasteiger partial charge in [-0.2, -0.15) is 13.2 Å². The SMILES string of the molecule is CN(CC(F)(F)F)c1ccc(CNC2CC2)cc1F. The first-order chi connectivity index (χ1) is 8.85. The second kappa shape index (κ2) is 5.36. The molecule has 1 fully saturated rings. The van der Waals surface area contributed by atoms with Gasteiger partial charge in [0.05, 0.1) is 5.69 Å². The first kappa shape index (κ1) is 14.1. The van der Waals surface area contributed by atoms with Crippen LogP contribution in [0, 0.1) is 5.82 Å². The summed E-state index contributed by atoms with van der Waals surface area (Å²) in [7, 11) is 1.23. The minimum absolute atomic E-state index is 0.0347. The summed E-state index contributed by atoms with van der Waals surface area (Å²) in [5, 5.41) is 3.23. The van der Waals surface area contributed by atoms with E-state index >= 15 is 0 Å². The van der Waals surface area contributed by atoms with Gasteiger partial charge in [0.15, 0.2) is 0 Å². The van der Waals surface area contributed by atoms with Gasteiger partial charge in [-0.25, -0.2) is 4.39 Å². The highest BCUT2D eigenvalue weighted by molar-refractivity contribution is 5.48. The van der Waals surface area contributed by atoms with Gasteiger partial charge >= 0.3 is 6.18 Å². The lowest BCUT2D eigenvalue weighted by Crippen LogP contribution is -2.31. The molecule has 0 spiro atoms. The van der Waals surface area contributed by atoms with Crippen LogP contribution in [0.4, 0.5) is 23.2 Å². The van der Waals surface area contributed by atoms with Crippen molar-refractivity contribution in [3.05, 3.63) is 29.6 Å². The summed E-state index contributed by atoms with van der Waals surface area (Å²) in [6.45, 7) is -0.617. The highest BCUT2D eigenvalue weighted by Crippen LogP contribution is 2.25. The lowest BCUT2D eigenvalue weighted by molar-refractivity contribution is -0.119. The predicted octanol–water partition coefficient (Wildman–Crippen LogP) is 3.08. The van der Waals surface area contributed by atoms with Crippen molar-refractivity contribution in [3.8, 4) is 0 Å². The average molecular weight is 276 g/mol. The fourth-order valence-corrected chi connectivity index (χ4v) is 1.87. The molecule has 0 amide bonds. The van der Waals surface area contributed by atoms with Crippen molar-refractivity contribution < 1.29 is 17.6 Å². The zero-order valence-electron chi connectivity index (χ0n) is 10.6. The summed E-state index contributed by atoms with van der Waals surface area (Å²) in [5.41, 5.74) is 0.709. The molecule has 0 heterocycles. The van der Waals surface area contributed by atoms with Crippen molar-refractivity contribution in [3.63, 3.8) is 0 Å². The molecule has 0 aromatic heterocycles. The molecule has 19 heavy (non-hydrogen) atoms. The van der Waals surface area contributed by atoms with Crippen LogP contribution < -0.4 is 10.2 Å². The van der Waals surface area contributed by atoms with Crippen molar-refractivity contribution in [2.45, 2.75) is 31.6 Å². The predicted molar refractivity (Wildman–Crippen MR) is 65.6 cm³/mol. The summed E-state index contributed by atoms with van der Waals surface area (Å²) in [6.07, 6.45) is -2.07. The Balaban J connectivity index is 2.00. The van der Waals surface area contributed by atoms with E-state index in [1.807, 2.05) is 0 Å². The van der Waals surface area contributed by atoms with Crippen LogP contribution in [0.15, 0.2) is 18.2 Å². The zero-order valence-corrected chi connectivity index (χ0v) is 10.6. The minimum Gasteiger partial charge on any atom is -0.363 e. The molecule has 0 atom stereocenters. The molecule has 2 rings (SSSR count). The topological polar surface area (TPSA) is 15.3 Å². The van der Waals surface area contributed by atoms with E-state index < -0.39 is 18.5 Å². The summed E-state index contributed by atoms with van der Waals surface area (Å²) in [5.74, 6) is -0.623. The van der Waals surface area contributed by atoms with Crippen LogP contribution in [0.1, 0.15) is 18.4 Å². The Hall–Kier alpha value is -1.30. The van der Waals surface area contributed by atoms with Crippen molar-refractivity contribution in [1.29, 1.82) is 0 Å². The maximum absolute atomic E-state index is 13.8. The molecular weight excluding hydrogens is 260 g/mol. The normalized spacial score (nSPS) is 15.6. The van der Waals surface area contributed by atoms with Gasteiger partial charge in [-0.05, 0) is 30.5 Å². The van der Waals surface area contributed by atoms with Crippen LogP contribution in [0.25, 0.3) is 0 Å². The van der Waals surface area contributed by atoms with E-state index in [-0.39, 0.29) is 5.69 Å². The van der Waals surface area contributed by atoms with Crippen LogP contribution in [0.2, 0.25) is 0 Å². The van der Waals surface area contributed by atoms with Gasteiger partial charge in [-0.15, -0.1) is 0 Å². The third-order valence-electron chi connectivity index (χ3n) is 3.01. The molecule has 0 unspecified atom stereocenters. The average Bonchev–Trinajstić information content (AvgIpc) is 3.07. The number of nitrogens with one attached hydrogen (secondary N) is 1. The summed E-state index contributed by atoms with van der Waals surface area (Å²) < 4.78 is 50.5. The van der Waals surface area contributed by atoms with Crippen molar-refractivity contribution >= 4 is 5.69 Å². The highest BCUT2D eigenvalue weighted by atomic mass is 19.4. The van der Waals surface area contributed by atoms with Gasteiger partial charge in [-0.1, -0.05) is 6.07 Å². The highest BCUT2D eigenvalue weighted by Gasteiger charge is 2.30. The van der Waals surface area contributed by atoms with Gasteiger partial charge in [-0.3, -0.25) is 0 Å². The molecule has 1 saturated carbocycles. The van der Waals surface area contributed by atoms with Gasteiger partial charge in [0.2, 0.25) is 0 Å². The first-order valence-corrected chi connectivity index (χ1v) is 6.15. The summed E-state index contributed by atoms with van der Waals surface area (Å²) in [4.78, 5) is 0.868. The van der Waals surface area contributed by atoms with Gasteiger partial charge in [0.1, 0.15) is 12.4 Å². The number of hydrogen-bond acceptors (Lipinski definition) is 2. The van der Waals surface area contributed by atoms with E-state index in [4.69, 9.17) is 0 Å². The van der Waals surface area contributed by atoms with E-state index in [9.17, 15) is 17.6 Å². The number of alkyl halides is 3. The molecule has 1 aromatic rings. The molecule has 0 aliphatic heterocycles. The first-order valence-electron chi connectivity index (χ1n) is 6.15. The molecule has 1 N–H and O–H groups in total. The van der Waals surface area contributed by atoms with E-state index in [2.05, 4.69) is 5.32 Å².